The second-order valence-electron chi connectivity index (χ2n) is 7.84. The fourth-order valence-electron chi connectivity index (χ4n) is 3.83. The van der Waals surface area contributed by atoms with Gasteiger partial charge in [-0.3, -0.25) is 29.6 Å². The molecule has 0 bridgehead atoms. The summed E-state index contributed by atoms with van der Waals surface area (Å²) in [6.45, 7) is 1.99. The van der Waals surface area contributed by atoms with E-state index < -0.39 is 42.3 Å². The first-order valence-corrected chi connectivity index (χ1v) is 10.7. The Hall–Kier alpha value is -4.28. The van der Waals surface area contributed by atoms with Crippen LogP contribution in [-0.4, -0.2) is 68.7 Å². The van der Waals surface area contributed by atoms with E-state index in [4.69, 9.17) is 11.1 Å². The van der Waals surface area contributed by atoms with E-state index in [-0.39, 0.29) is 24.5 Å². The van der Waals surface area contributed by atoms with Crippen molar-refractivity contribution >= 4 is 29.5 Å². The number of carbonyl (C=O) groups is 4. The topological polar surface area (TPSA) is 170 Å². The number of piperazine rings is 1. The van der Waals surface area contributed by atoms with E-state index in [0.29, 0.717) is 17.5 Å². The number of amides is 3. The van der Waals surface area contributed by atoms with Crippen LogP contribution in [0.2, 0.25) is 0 Å². The first-order chi connectivity index (χ1) is 16.2. The lowest BCUT2D eigenvalue weighted by atomic mass is 10.0. The predicted molar refractivity (Wildman–Crippen MR) is 122 cm³/mol. The van der Waals surface area contributed by atoms with Crippen molar-refractivity contribution in [3.05, 3.63) is 65.5 Å². The summed E-state index contributed by atoms with van der Waals surface area (Å²) in [6.07, 6.45) is 2.24. The van der Waals surface area contributed by atoms with Crippen molar-refractivity contribution in [3.8, 4) is 0 Å². The number of nitrogen functional groups attached to an aromatic ring is 1. The number of rotatable bonds is 9. The molecule has 5 N–H and O–H groups in total. The molecule has 1 aliphatic heterocycles. The zero-order valence-electron chi connectivity index (χ0n) is 18.6. The summed E-state index contributed by atoms with van der Waals surface area (Å²) in [4.78, 5) is 56.9. The Balaban J connectivity index is 1.90. The minimum absolute atomic E-state index is 0.0886. The molecule has 1 saturated heterocycles. The number of carbonyl (C=O) groups excluding carboxylic acids is 3. The van der Waals surface area contributed by atoms with Gasteiger partial charge in [0, 0.05) is 30.1 Å². The molecule has 3 amide bonds. The SMILES string of the molecule is CCCN1C(=O)C(=O)N(C(CC(=O)O)c2cccnc2)CC1NC(=O)c1ccc(C(=N)N)cc1. The molecule has 0 aliphatic carbocycles. The van der Waals surface area contributed by atoms with E-state index in [2.05, 4.69) is 10.3 Å². The maximum Gasteiger partial charge on any atom is 0.313 e. The molecule has 2 heterocycles. The quantitative estimate of drug-likeness (QED) is 0.240. The number of nitrogens with one attached hydrogen (secondary N) is 2. The van der Waals surface area contributed by atoms with E-state index in [1.165, 1.54) is 46.5 Å². The third-order valence-corrected chi connectivity index (χ3v) is 5.48. The molecule has 0 saturated carbocycles. The van der Waals surface area contributed by atoms with E-state index >= 15 is 0 Å². The summed E-state index contributed by atoms with van der Waals surface area (Å²) in [7, 11) is 0. The average Bonchev–Trinajstić information content (AvgIpc) is 2.82. The number of aromatic nitrogens is 1. The number of benzene rings is 1. The lowest BCUT2D eigenvalue weighted by molar-refractivity contribution is -0.162. The number of amidine groups is 1. The third-order valence-electron chi connectivity index (χ3n) is 5.48. The van der Waals surface area contributed by atoms with Crippen molar-refractivity contribution < 1.29 is 24.3 Å². The Morgan fingerprint density at radius 2 is 1.88 bits per heavy atom. The summed E-state index contributed by atoms with van der Waals surface area (Å²) in [5.74, 6) is -3.41. The Morgan fingerprint density at radius 3 is 2.44 bits per heavy atom. The largest absolute Gasteiger partial charge is 0.481 e. The van der Waals surface area contributed by atoms with Crippen molar-refractivity contribution in [2.24, 2.45) is 5.73 Å². The van der Waals surface area contributed by atoms with Gasteiger partial charge < -0.3 is 26.0 Å². The van der Waals surface area contributed by atoms with E-state index in [0.717, 1.165) is 0 Å². The number of pyridine rings is 1. The molecule has 2 atom stereocenters. The second-order valence-corrected chi connectivity index (χ2v) is 7.84. The van der Waals surface area contributed by atoms with Gasteiger partial charge >= 0.3 is 17.8 Å². The van der Waals surface area contributed by atoms with Crippen LogP contribution in [-0.2, 0) is 14.4 Å². The number of aliphatic carboxylic acids is 1. The molecule has 3 rings (SSSR count). The standard InChI is InChI=1S/C23H26N6O5/c1-2-10-28-18(27-21(32)15-7-5-14(6-8-15)20(24)25)13-29(23(34)22(28)33)17(11-19(30)31)16-4-3-9-26-12-16/h3-9,12,17-18H,2,10-11,13H2,1H3,(H3,24,25)(H,27,32)(H,30,31). The normalized spacial score (nSPS) is 16.8. The van der Waals surface area contributed by atoms with Crippen LogP contribution in [0.1, 0.15) is 47.3 Å². The van der Waals surface area contributed by atoms with Gasteiger partial charge in [0.15, 0.2) is 0 Å². The summed E-state index contributed by atoms with van der Waals surface area (Å²) in [6, 6.07) is 8.41. The van der Waals surface area contributed by atoms with Crippen LogP contribution in [0.5, 0.6) is 0 Å². The molecule has 178 valence electrons. The molecule has 2 unspecified atom stereocenters. The minimum atomic E-state index is -1.14. The van der Waals surface area contributed by atoms with E-state index in [1.807, 2.05) is 6.92 Å². The Bertz CT molecular complexity index is 1090. The number of carboxylic acids is 1. The van der Waals surface area contributed by atoms with Gasteiger partial charge in [-0.2, -0.15) is 0 Å². The van der Waals surface area contributed by atoms with Crippen LogP contribution in [0.3, 0.4) is 0 Å². The lowest BCUT2D eigenvalue weighted by Crippen LogP contribution is -2.65. The van der Waals surface area contributed by atoms with Gasteiger partial charge in [-0.1, -0.05) is 25.1 Å². The van der Waals surface area contributed by atoms with Crippen LogP contribution < -0.4 is 11.1 Å². The van der Waals surface area contributed by atoms with E-state index in [9.17, 15) is 24.3 Å². The van der Waals surface area contributed by atoms with E-state index in [1.54, 1.807) is 12.1 Å². The van der Waals surface area contributed by atoms with Crippen LogP contribution in [0.25, 0.3) is 0 Å². The summed E-state index contributed by atoms with van der Waals surface area (Å²) in [5, 5.41) is 19.7. The van der Waals surface area contributed by atoms with Gasteiger partial charge in [0.1, 0.15) is 12.0 Å². The maximum atomic E-state index is 13.0. The zero-order valence-corrected chi connectivity index (χ0v) is 18.6. The Morgan fingerprint density at radius 1 is 1.21 bits per heavy atom. The molecule has 11 heteroatoms. The molecule has 11 nitrogen and oxygen atoms in total. The highest BCUT2D eigenvalue weighted by atomic mass is 16.4. The van der Waals surface area contributed by atoms with Crippen LogP contribution in [0.4, 0.5) is 0 Å². The first kappa shape index (κ1) is 24.4. The van der Waals surface area contributed by atoms with Gasteiger partial charge in [-0.25, -0.2) is 0 Å². The second kappa shape index (κ2) is 10.6. The highest BCUT2D eigenvalue weighted by molar-refractivity contribution is 6.35. The van der Waals surface area contributed by atoms with Gasteiger partial charge in [0.2, 0.25) is 0 Å². The molecular weight excluding hydrogens is 440 g/mol. The number of hydrogen-bond donors (Lipinski definition) is 4. The number of nitrogens with two attached hydrogens (primary N) is 1. The van der Waals surface area contributed by atoms with Crippen molar-refractivity contribution in [1.29, 1.82) is 5.41 Å². The Kier molecular flexibility index (Phi) is 7.57. The zero-order chi connectivity index (χ0) is 24.8. The highest BCUT2D eigenvalue weighted by Gasteiger charge is 2.43. The van der Waals surface area contributed by atoms with Crippen molar-refractivity contribution in [3.63, 3.8) is 0 Å². The monoisotopic (exact) mass is 466 g/mol. The molecule has 2 aromatic rings. The highest BCUT2D eigenvalue weighted by Crippen LogP contribution is 2.27. The summed E-state index contributed by atoms with van der Waals surface area (Å²) < 4.78 is 0. The maximum absolute atomic E-state index is 13.0. The minimum Gasteiger partial charge on any atom is -0.481 e. The molecular formula is C23H26N6O5. The van der Waals surface area contributed by atoms with Gasteiger partial charge in [-0.05, 0) is 30.2 Å². The van der Waals surface area contributed by atoms with Crippen LogP contribution >= 0.6 is 0 Å². The number of nitrogens with zero attached hydrogens (tertiary/aromatic N) is 3. The molecule has 1 aromatic carbocycles. The smallest absolute Gasteiger partial charge is 0.313 e. The van der Waals surface area contributed by atoms with Crippen molar-refractivity contribution in [2.45, 2.75) is 32.0 Å². The van der Waals surface area contributed by atoms with Gasteiger partial charge in [0.05, 0.1) is 19.0 Å². The third kappa shape index (κ3) is 5.37. The van der Waals surface area contributed by atoms with Crippen LogP contribution in [0.15, 0.2) is 48.8 Å². The predicted octanol–water partition coefficient (Wildman–Crippen LogP) is 0.718. The average molecular weight is 466 g/mol. The summed E-state index contributed by atoms with van der Waals surface area (Å²) in [5.41, 5.74) is 6.67. The number of carboxylic acid groups (broad SMARTS) is 1. The van der Waals surface area contributed by atoms with Crippen LogP contribution in [0, 0.1) is 5.41 Å². The van der Waals surface area contributed by atoms with Crippen molar-refractivity contribution in [2.75, 3.05) is 13.1 Å². The molecule has 0 radical (unpaired) electrons. The molecule has 34 heavy (non-hydrogen) atoms. The molecule has 1 aliphatic rings. The lowest BCUT2D eigenvalue weighted by Gasteiger charge is -2.43. The first-order valence-electron chi connectivity index (χ1n) is 10.7. The fourth-order valence-corrected chi connectivity index (χ4v) is 3.83. The van der Waals surface area contributed by atoms with Gasteiger partial charge in [0.25, 0.3) is 5.91 Å². The fraction of sp³-hybridized carbons (Fsp3) is 0.304. The van der Waals surface area contributed by atoms with Gasteiger partial charge in [-0.15, -0.1) is 0 Å². The molecule has 0 spiro atoms. The number of hydrogen-bond acceptors (Lipinski definition) is 6. The summed E-state index contributed by atoms with van der Waals surface area (Å²) >= 11 is 0. The molecule has 1 aromatic heterocycles. The Labute approximate surface area is 196 Å². The molecule has 1 fully saturated rings. The van der Waals surface area contributed by atoms with Crippen molar-refractivity contribution in [1.82, 2.24) is 20.1 Å².